The van der Waals surface area contributed by atoms with Gasteiger partial charge in [-0.2, -0.15) is 0 Å². The molecule has 2 aliphatic heterocycles. The largest absolute Gasteiger partial charge is 0.497 e. The lowest BCUT2D eigenvalue weighted by Crippen LogP contribution is -2.42. The molecule has 25 heavy (non-hydrogen) atoms. The summed E-state index contributed by atoms with van der Waals surface area (Å²) in [5.74, 6) is 1.21. The van der Waals surface area contributed by atoms with E-state index in [1.54, 1.807) is 7.11 Å². The topological polar surface area (TPSA) is 71.0 Å². The highest BCUT2D eigenvalue weighted by Crippen LogP contribution is 2.41. The highest BCUT2D eigenvalue weighted by Gasteiger charge is 2.48. The molecule has 0 aromatic heterocycles. The van der Waals surface area contributed by atoms with Crippen LogP contribution in [0.15, 0.2) is 24.3 Å². The number of carbonyl (C=O) groups excluding carboxylic acids is 1. The molecule has 0 radical (unpaired) electrons. The number of carbonyl (C=O) groups is 1. The number of nitrogens with zero attached hydrogens (tertiary/aromatic N) is 1. The van der Waals surface area contributed by atoms with Gasteiger partial charge in [-0.1, -0.05) is 12.1 Å². The second kappa shape index (κ2) is 8.17. The van der Waals surface area contributed by atoms with Crippen LogP contribution in [0.4, 0.5) is 0 Å². The first-order chi connectivity index (χ1) is 12.1. The minimum atomic E-state index is -0.0817. The fraction of sp³-hybridized carbons (Fsp3) is 0.632. The Balaban J connectivity index is 1.42. The molecular formula is C19H28N2O4. The second-order valence-electron chi connectivity index (χ2n) is 7.16. The summed E-state index contributed by atoms with van der Waals surface area (Å²) in [5.41, 5.74) is 1.09. The van der Waals surface area contributed by atoms with E-state index < -0.39 is 0 Å². The Morgan fingerprint density at radius 2 is 2.24 bits per heavy atom. The highest BCUT2D eigenvalue weighted by atomic mass is 16.5. The van der Waals surface area contributed by atoms with Gasteiger partial charge in [0, 0.05) is 37.6 Å². The minimum Gasteiger partial charge on any atom is -0.497 e. The van der Waals surface area contributed by atoms with Gasteiger partial charge >= 0.3 is 0 Å². The first-order valence-corrected chi connectivity index (χ1v) is 8.96. The number of fused-ring (bicyclic) bond motifs is 1. The van der Waals surface area contributed by atoms with Crippen molar-refractivity contribution in [3.63, 3.8) is 0 Å². The number of hydrogen-bond acceptors (Lipinski definition) is 5. The molecule has 2 aliphatic rings. The molecule has 2 N–H and O–H groups in total. The van der Waals surface area contributed by atoms with E-state index >= 15 is 0 Å². The molecule has 2 atom stereocenters. The summed E-state index contributed by atoms with van der Waals surface area (Å²) < 4.78 is 10.7. The van der Waals surface area contributed by atoms with Gasteiger partial charge in [0.1, 0.15) is 5.75 Å². The summed E-state index contributed by atoms with van der Waals surface area (Å²) in [6.45, 7) is 4.19. The van der Waals surface area contributed by atoms with E-state index in [-0.39, 0.29) is 17.9 Å². The van der Waals surface area contributed by atoms with Crippen molar-refractivity contribution in [2.24, 2.45) is 11.3 Å². The number of likely N-dealkylation sites (tertiary alicyclic amines) is 1. The summed E-state index contributed by atoms with van der Waals surface area (Å²) in [6, 6.07) is 7.89. The average molecular weight is 348 g/mol. The van der Waals surface area contributed by atoms with Gasteiger partial charge in [0.05, 0.1) is 26.9 Å². The van der Waals surface area contributed by atoms with E-state index in [4.69, 9.17) is 9.47 Å². The molecule has 2 heterocycles. The van der Waals surface area contributed by atoms with Crippen LogP contribution in [0.1, 0.15) is 12.0 Å². The molecule has 1 aromatic carbocycles. The first kappa shape index (κ1) is 18.2. The molecule has 0 spiro atoms. The summed E-state index contributed by atoms with van der Waals surface area (Å²) in [6.07, 6.45) is 1.68. The van der Waals surface area contributed by atoms with Gasteiger partial charge in [-0.15, -0.1) is 0 Å². The van der Waals surface area contributed by atoms with E-state index in [1.165, 1.54) is 5.56 Å². The number of benzene rings is 1. The predicted octanol–water partition coefficient (Wildman–Crippen LogP) is 0.685. The molecule has 0 saturated carbocycles. The zero-order valence-corrected chi connectivity index (χ0v) is 14.9. The van der Waals surface area contributed by atoms with Crippen molar-refractivity contribution in [3.05, 3.63) is 29.8 Å². The number of rotatable bonds is 7. The molecule has 3 rings (SSSR count). The number of aliphatic hydroxyl groups excluding tert-OH is 1. The fourth-order valence-corrected chi connectivity index (χ4v) is 3.93. The molecular weight excluding hydrogens is 320 g/mol. The zero-order chi connectivity index (χ0) is 17.7. The van der Waals surface area contributed by atoms with Crippen LogP contribution in [0.2, 0.25) is 0 Å². The van der Waals surface area contributed by atoms with E-state index in [0.29, 0.717) is 32.2 Å². The monoisotopic (exact) mass is 348 g/mol. The van der Waals surface area contributed by atoms with Crippen LogP contribution >= 0.6 is 0 Å². The van der Waals surface area contributed by atoms with E-state index in [1.807, 2.05) is 24.3 Å². The third kappa shape index (κ3) is 4.32. The number of amides is 1. The van der Waals surface area contributed by atoms with Gasteiger partial charge < -0.3 is 19.9 Å². The lowest BCUT2D eigenvalue weighted by molar-refractivity contribution is -0.122. The van der Waals surface area contributed by atoms with Crippen LogP contribution in [0.5, 0.6) is 5.75 Å². The summed E-state index contributed by atoms with van der Waals surface area (Å²) in [4.78, 5) is 14.4. The van der Waals surface area contributed by atoms with Gasteiger partial charge in [-0.25, -0.2) is 0 Å². The van der Waals surface area contributed by atoms with Gasteiger partial charge in [-0.3, -0.25) is 9.69 Å². The molecule has 0 bridgehead atoms. The number of nitrogens with one attached hydrogen (secondary N) is 1. The van der Waals surface area contributed by atoms with Gasteiger partial charge in [0.2, 0.25) is 5.91 Å². The quantitative estimate of drug-likeness (QED) is 0.758. The molecule has 1 aromatic rings. The number of hydrogen-bond donors (Lipinski definition) is 2. The lowest BCUT2D eigenvalue weighted by Gasteiger charge is -2.36. The van der Waals surface area contributed by atoms with E-state index in [2.05, 4.69) is 10.2 Å². The summed E-state index contributed by atoms with van der Waals surface area (Å²) >= 11 is 0. The third-order valence-electron chi connectivity index (χ3n) is 5.52. The molecule has 1 amide bonds. The molecule has 6 heteroatoms. The van der Waals surface area contributed by atoms with E-state index in [9.17, 15) is 9.90 Å². The molecule has 2 saturated heterocycles. The molecule has 0 aliphatic carbocycles. The Hall–Kier alpha value is -1.63. The van der Waals surface area contributed by atoms with Crippen molar-refractivity contribution < 1.29 is 19.4 Å². The number of aliphatic hydroxyl groups is 1. The Morgan fingerprint density at radius 1 is 1.44 bits per heavy atom. The van der Waals surface area contributed by atoms with Gasteiger partial charge in [-0.05, 0) is 30.5 Å². The Morgan fingerprint density at radius 3 is 2.92 bits per heavy atom. The maximum absolute atomic E-state index is 12.2. The molecule has 6 nitrogen and oxygen atoms in total. The first-order valence-electron chi connectivity index (χ1n) is 8.96. The standard InChI is InChI=1S/C19H28N2O4/c1-24-17-4-2-15(3-5-17)6-8-20-18(23)11-21-10-16-12-25-9-7-19(16,13-21)14-22/h2-5,16,22H,6-14H2,1H3,(H,20,23)/t16-,19-/m1/s1. The Labute approximate surface area is 149 Å². The van der Waals surface area contributed by atoms with Crippen LogP contribution in [-0.4, -0.2) is 69.0 Å². The van der Waals surface area contributed by atoms with Crippen molar-refractivity contribution in [1.29, 1.82) is 0 Å². The number of methoxy groups -OCH3 is 1. The van der Waals surface area contributed by atoms with Crippen molar-refractivity contribution >= 4 is 5.91 Å². The van der Waals surface area contributed by atoms with Crippen LogP contribution < -0.4 is 10.1 Å². The molecule has 0 unspecified atom stereocenters. The Bertz CT molecular complexity index is 577. The van der Waals surface area contributed by atoms with Gasteiger partial charge in [0.25, 0.3) is 0 Å². The van der Waals surface area contributed by atoms with Crippen LogP contribution in [-0.2, 0) is 16.0 Å². The smallest absolute Gasteiger partial charge is 0.234 e. The van der Waals surface area contributed by atoms with Crippen LogP contribution in [0.3, 0.4) is 0 Å². The third-order valence-corrected chi connectivity index (χ3v) is 5.52. The summed E-state index contributed by atoms with van der Waals surface area (Å²) in [5, 5.41) is 12.8. The normalized spacial score (nSPS) is 26.2. The van der Waals surface area contributed by atoms with E-state index in [0.717, 1.165) is 31.7 Å². The molecule has 2 fully saturated rings. The highest BCUT2D eigenvalue weighted by molar-refractivity contribution is 5.78. The SMILES string of the molecule is COc1ccc(CCNC(=O)CN2C[C@@H]3COCC[C@]3(CO)C2)cc1. The zero-order valence-electron chi connectivity index (χ0n) is 14.9. The van der Waals surface area contributed by atoms with Crippen LogP contribution in [0.25, 0.3) is 0 Å². The van der Waals surface area contributed by atoms with Crippen molar-refractivity contribution in [2.45, 2.75) is 12.8 Å². The number of ether oxygens (including phenoxy) is 2. The fourth-order valence-electron chi connectivity index (χ4n) is 3.93. The van der Waals surface area contributed by atoms with Gasteiger partial charge in [0.15, 0.2) is 0 Å². The van der Waals surface area contributed by atoms with Crippen molar-refractivity contribution in [3.8, 4) is 5.75 Å². The molecule has 138 valence electrons. The van der Waals surface area contributed by atoms with Crippen molar-refractivity contribution in [1.82, 2.24) is 10.2 Å². The van der Waals surface area contributed by atoms with Crippen molar-refractivity contribution in [2.75, 3.05) is 53.1 Å². The summed E-state index contributed by atoms with van der Waals surface area (Å²) in [7, 11) is 1.65. The van der Waals surface area contributed by atoms with Crippen LogP contribution in [0, 0.1) is 11.3 Å². The minimum absolute atomic E-state index is 0.0427. The maximum atomic E-state index is 12.2. The second-order valence-corrected chi connectivity index (χ2v) is 7.16. The maximum Gasteiger partial charge on any atom is 0.234 e. The lowest BCUT2D eigenvalue weighted by atomic mass is 9.75. The average Bonchev–Trinajstić information content (AvgIpc) is 3.00. The predicted molar refractivity (Wildman–Crippen MR) is 94.6 cm³/mol. The Kier molecular flexibility index (Phi) is 5.93.